The average Bonchev–Trinajstić information content (AvgIpc) is 3.45. The van der Waals surface area contributed by atoms with Gasteiger partial charge in [-0.15, -0.1) is 0 Å². The van der Waals surface area contributed by atoms with Gasteiger partial charge in [-0.3, -0.25) is 4.90 Å². The third kappa shape index (κ3) is 4.26. The quantitative estimate of drug-likeness (QED) is 0.387. The molecule has 0 spiro atoms. The molecule has 8 heteroatoms. The van der Waals surface area contributed by atoms with Crippen LogP contribution in [-0.2, 0) is 25.7 Å². The second-order valence-electron chi connectivity index (χ2n) is 7.48. The molecule has 0 fully saturated rings. The number of alkyl halides is 3. The molecule has 0 unspecified atom stereocenters. The minimum atomic E-state index is -4.35. The fraction of sp³-hybridized carbons (Fsp3) is 0.217. The maximum atomic E-state index is 12.8. The van der Waals surface area contributed by atoms with E-state index in [1.807, 2.05) is 23.6 Å². The maximum Gasteiger partial charge on any atom is 0.416 e. The lowest BCUT2D eigenvalue weighted by Gasteiger charge is -2.27. The zero-order valence-corrected chi connectivity index (χ0v) is 17.2. The molecule has 1 aliphatic rings. The molecule has 0 radical (unpaired) electrons. The molecule has 158 valence electrons. The second-order valence-corrected chi connectivity index (χ2v) is 8.26. The molecular weight excluding hydrogens is 423 g/mol. The van der Waals surface area contributed by atoms with Crippen LogP contribution in [0.25, 0.3) is 22.7 Å². The minimum absolute atomic E-state index is 0.451. The van der Waals surface area contributed by atoms with Crippen molar-refractivity contribution in [1.29, 1.82) is 0 Å². The van der Waals surface area contributed by atoms with Gasteiger partial charge in [-0.2, -0.15) is 24.5 Å². The number of rotatable bonds is 4. The van der Waals surface area contributed by atoms with E-state index in [0.29, 0.717) is 24.5 Å². The minimum Gasteiger partial charge on any atom is -0.460 e. The van der Waals surface area contributed by atoms with E-state index < -0.39 is 11.7 Å². The number of aromatic nitrogens is 2. The molecule has 31 heavy (non-hydrogen) atoms. The smallest absolute Gasteiger partial charge is 0.416 e. The Kier molecular flexibility index (Phi) is 5.11. The van der Waals surface area contributed by atoms with Crippen LogP contribution in [0.2, 0.25) is 0 Å². The predicted octanol–water partition coefficient (Wildman–Crippen LogP) is 6.04. The number of hydrogen-bond donors (Lipinski definition) is 0. The van der Waals surface area contributed by atoms with Crippen molar-refractivity contribution in [2.45, 2.75) is 25.7 Å². The lowest BCUT2D eigenvalue weighted by Crippen LogP contribution is -2.30. The van der Waals surface area contributed by atoms with Gasteiger partial charge in [0.1, 0.15) is 11.5 Å². The van der Waals surface area contributed by atoms with Gasteiger partial charge in [-0.25, -0.2) is 9.97 Å². The SMILES string of the molecule is FC(F)(F)c1ccc(-c2ncc3c(n2)CCN(Cc2ccc(-c4ccsc4)o2)C3)cc1. The highest BCUT2D eigenvalue weighted by Gasteiger charge is 2.30. The lowest BCUT2D eigenvalue weighted by molar-refractivity contribution is -0.137. The maximum absolute atomic E-state index is 12.8. The standard InChI is InChI=1S/C23H18F3N3OS/c24-23(25,26)18-3-1-15(2-4-18)22-27-11-17-12-29(9-7-20(17)28-22)13-19-5-6-21(30-19)16-8-10-31-14-16/h1-6,8,10-11,14H,7,9,12-13H2. The highest BCUT2D eigenvalue weighted by atomic mass is 32.1. The van der Waals surface area contributed by atoms with Crippen LogP contribution in [0.3, 0.4) is 0 Å². The summed E-state index contributed by atoms with van der Waals surface area (Å²) in [6, 6.07) is 11.0. The van der Waals surface area contributed by atoms with Crippen molar-refractivity contribution in [2.24, 2.45) is 0 Å². The van der Waals surface area contributed by atoms with E-state index in [2.05, 4.69) is 20.2 Å². The first-order chi connectivity index (χ1) is 15.0. The summed E-state index contributed by atoms with van der Waals surface area (Å²) in [5, 5.41) is 4.09. The van der Waals surface area contributed by atoms with Gasteiger partial charge in [0.15, 0.2) is 5.82 Å². The molecule has 0 amide bonds. The van der Waals surface area contributed by atoms with Crippen molar-refractivity contribution in [1.82, 2.24) is 14.9 Å². The Morgan fingerprint density at radius 2 is 1.87 bits per heavy atom. The van der Waals surface area contributed by atoms with Crippen LogP contribution < -0.4 is 0 Å². The molecular formula is C23H18F3N3OS. The van der Waals surface area contributed by atoms with Crippen molar-refractivity contribution in [3.63, 3.8) is 0 Å². The molecule has 0 saturated heterocycles. The van der Waals surface area contributed by atoms with Gasteiger partial charge in [-0.1, -0.05) is 12.1 Å². The number of halogens is 3. The molecule has 4 aromatic rings. The lowest BCUT2D eigenvalue weighted by atomic mass is 10.1. The highest BCUT2D eigenvalue weighted by Crippen LogP contribution is 2.31. The Hall–Kier alpha value is -2.97. The van der Waals surface area contributed by atoms with Crippen molar-refractivity contribution in [2.75, 3.05) is 6.54 Å². The molecule has 0 saturated carbocycles. The van der Waals surface area contributed by atoms with E-state index in [1.165, 1.54) is 12.1 Å². The topological polar surface area (TPSA) is 42.2 Å². The van der Waals surface area contributed by atoms with Crippen LogP contribution >= 0.6 is 11.3 Å². The Bertz CT molecular complexity index is 1180. The van der Waals surface area contributed by atoms with Crippen LogP contribution in [0, 0.1) is 0 Å². The van der Waals surface area contributed by atoms with E-state index >= 15 is 0 Å². The van der Waals surface area contributed by atoms with E-state index in [4.69, 9.17) is 4.42 Å². The number of benzene rings is 1. The predicted molar refractivity (Wildman–Crippen MR) is 112 cm³/mol. The van der Waals surface area contributed by atoms with Crippen molar-refractivity contribution < 1.29 is 17.6 Å². The van der Waals surface area contributed by atoms with E-state index in [0.717, 1.165) is 53.4 Å². The van der Waals surface area contributed by atoms with E-state index in [9.17, 15) is 13.2 Å². The second kappa shape index (κ2) is 7.94. The molecule has 0 atom stereocenters. The fourth-order valence-electron chi connectivity index (χ4n) is 3.70. The Morgan fingerprint density at radius 3 is 2.61 bits per heavy atom. The van der Waals surface area contributed by atoms with Crippen LogP contribution in [0.15, 0.2) is 63.8 Å². The van der Waals surface area contributed by atoms with Crippen LogP contribution in [-0.4, -0.2) is 21.4 Å². The zero-order chi connectivity index (χ0) is 21.4. The molecule has 0 N–H and O–H groups in total. The van der Waals surface area contributed by atoms with Crippen LogP contribution in [0.1, 0.15) is 22.6 Å². The summed E-state index contributed by atoms with van der Waals surface area (Å²) in [6.07, 6.45) is -1.82. The summed E-state index contributed by atoms with van der Waals surface area (Å²) in [4.78, 5) is 11.3. The Morgan fingerprint density at radius 1 is 1.03 bits per heavy atom. The molecule has 4 nitrogen and oxygen atoms in total. The number of fused-ring (bicyclic) bond motifs is 1. The molecule has 0 bridgehead atoms. The van der Waals surface area contributed by atoms with Gasteiger partial charge in [0.2, 0.25) is 0 Å². The number of hydrogen-bond acceptors (Lipinski definition) is 5. The normalized spacial score (nSPS) is 14.5. The molecule has 0 aliphatic carbocycles. The van der Waals surface area contributed by atoms with Gasteiger partial charge in [0.05, 0.1) is 17.8 Å². The molecule has 5 rings (SSSR count). The van der Waals surface area contributed by atoms with Crippen molar-refractivity contribution in [3.8, 4) is 22.7 Å². The van der Waals surface area contributed by atoms with Gasteiger partial charge >= 0.3 is 6.18 Å². The van der Waals surface area contributed by atoms with Crippen LogP contribution in [0.4, 0.5) is 13.2 Å². The summed E-state index contributed by atoms with van der Waals surface area (Å²) < 4.78 is 44.3. The Labute approximate surface area is 181 Å². The van der Waals surface area contributed by atoms with Gasteiger partial charge < -0.3 is 4.42 Å². The summed E-state index contributed by atoms with van der Waals surface area (Å²) in [6.45, 7) is 2.23. The first kappa shape index (κ1) is 20.0. The number of furan rings is 1. The average molecular weight is 441 g/mol. The van der Waals surface area contributed by atoms with Gasteiger partial charge in [-0.05, 0) is 35.7 Å². The van der Waals surface area contributed by atoms with Crippen molar-refractivity contribution in [3.05, 3.63) is 82.0 Å². The molecule has 3 aromatic heterocycles. The highest BCUT2D eigenvalue weighted by molar-refractivity contribution is 7.08. The Balaban J connectivity index is 1.28. The first-order valence-electron chi connectivity index (χ1n) is 9.82. The summed E-state index contributed by atoms with van der Waals surface area (Å²) in [5.74, 6) is 2.23. The zero-order valence-electron chi connectivity index (χ0n) is 16.4. The molecule has 4 heterocycles. The third-order valence-electron chi connectivity index (χ3n) is 5.33. The third-order valence-corrected chi connectivity index (χ3v) is 6.01. The van der Waals surface area contributed by atoms with Gasteiger partial charge in [0, 0.05) is 47.8 Å². The largest absolute Gasteiger partial charge is 0.460 e. The summed E-state index contributed by atoms with van der Waals surface area (Å²) in [5.41, 5.74) is 2.97. The summed E-state index contributed by atoms with van der Waals surface area (Å²) >= 11 is 1.64. The van der Waals surface area contributed by atoms with Gasteiger partial charge in [0.25, 0.3) is 0 Å². The fourth-order valence-corrected chi connectivity index (χ4v) is 4.35. The first-order valence-corrected chi connectivity index (χ1v) is 10.8. The number of nitrogens with zero attached hydrogens (tertiary/aromatic N) is 3. The monoisotopic (exact) mass is 441 g/mol. The van der Waals surface area contributed by atoms with E-state index in [1.54, 1.807) is 17.5 Å². The van der Waals surface area contributed by atoms with E-state index in [-0.39, 0.29) is 0 Å². The van der Waals surface area contributed by atoms with Crippen LogP contribution in [0.5, 0.6) is 0 Å². The molecule has 1 aromatic carbocycles. The van der Waals surface area contributed by atoms with Crippen molar-refractivity contribution >= 4 is 11.3 Å². The number of thiophene rings is 1. The molecule has 1 aliphatic heterocycles. The summed E-state index contributed by atoms with van der Waals surface area (Å²) in [7, 11) is 0.